The molecule has 0 fully saturated rings. The molecule has 0 bridgehead atoms. The fraction of sp³-hybridized carbons (Fsp3) is 0.115. The van der Waals surface area contributed by atoms with Crippen LogP contribution in [0.3, 0.4) is 0 Å². The van der Waals surface area contributed by atoms with Crippen LogP contribution in [-0.4, -0.2) is 99.0 Å². The van der Waals surface area contributed by atoms with E-state index in [9.17, 15) is 14.4 Å². The van der Waals surface area contributed by atoms with Crippen LogP contribution in [0.4, 0.5) is 17.5 Å². The van der Waals surface area contributed by atoms with Crippen molar-refractivity contribution >= 4 is 74.1 Å². The molecule has 532 valence electrons. The summed E-state index contributed by atoms with van der Waals surface area (Å²) in [7, 11) is 4.12. The number of carbonyl (C=O) groups is 3. The van der Waals surface area contributed by atoms with Gasteiger partial charge >= 0.3 is 17.9 Å². The maximum atomic E-state index is 11.6. The number of ether oxygens (including phenoxy) is 3. The zero-order valence-electron chi connectivity index (χ0n) is 59.4. The summed E-state index contributed by atoms with van der Waals surface area (Å²) in [6, 6.07) is 72.2. The maximum absolute atomic E-state index is 11.6. The van der Waals surface area contributed by atoms with Crippen molar-refractivity contribution in [1.82, 2.24) is 59.8 Å². The highest BCUT2D eigenvalue weighted by atomic mass is 16.5. The van der Waals surface area contributed by atoms with Crippen LogP contribution < -0.4 is 16.0 Å². The van der Waals surface area contributed by atoms with E-state index in [4.69, 9.17) is 39.4 Å². The van der Waals surface area contributed by atoms with Crippen LogP contribution in [0, 0.1) is 0 Å². The van der Waals surface area contributed by atoms with Crippen molar-refractivity contribution in [2.24, 2.45) is 0 Å². The van der Waals surface area contributed by atoms with Crippen LogP contribution in [0.25, 0.3) is 106 Å². The van der Waals surface area contributed by atoms with Crippen LogP contribution in [0.15, 0.2) is 280 Å². The Morgan fingerprint density at radius 3 is 1.05 bits per heavy atom. The number of aromatic nitrogens is 12. The van der Waals surface area contributed by atoms with E-state index in [1.54, 1.807) is 61.8 Å². The summed E-state index contributed by atoms with van der Waals surface area (Å²) in [4.78, 5) is 90.5. The molecular formula is C87H73N15O6. The Morgan fingerprint density at radius 1 is 0.352 bits per heavy atom. The van der Waals surface area contributed by atoms with E-state index < -0.39 is 5.97 Å². The highest BCUT2D eigenvalue weighted by Gasteiger charge is 2.20. The third-order valence-corrected chi connectivity index (χ3v) is 17.3. The molecule has 0 saturated heterocycles. The molecule has 15 rings (SSSR count). The lowest BCUT2D eigenvalue weighted by Gasteiger charge is -2.14. The Bertz CT molecular complexity index is 5390. The van der Waals surface area contributed by atoms with E-state index in [-0.39, 0.29) is 24.8 Å². The van der Waals surface area contributed by atoms with Crippen molar-refractivity contribution in [2.75, 3.05) is 37.3 Å². The van der Waals surface area contributed by atoms with Gasteiger partial charge in [-0.3, -0.25) is 39.5 Å². The first kappa shape index (κ1) is 72.2. The number of carbonyl (C=O) groups excluding carboxylic acids is 3. The lowest BCUT2D eigenvalue weighted by molar-refractivity contribution is -0.141. The number of esters is 3. The predicted molar refractivity (Wildman–Crippen MR) is 421 cm³/mol. The summed E-state index contributed by atoms with van der Waals surface area (Å²) in [5, 5.41) is 13.3. The number of nitrogens with zero attached hydrogens (tertiary/aromatic N) is 12. The van der Waals surface area contributed by atoms with Crippen molar-refractivity contribution in [3.05, 3.63) is 314 Å². The predicted octanol–water partition coefficient (Wildman–Crippen LogP) is 16.5. The molecule has 6 aromatic carbocycles. The van der Waals surface area contributed by atoms with Crippen molar-refractivity contribution in [2.45, 2.75) is 45.3 Å². The molecular weight excluding hydrogens is 1350 g/mol. The molecule has 9 aromatic heterocycles. The molecule has 0 unspecified atom stereocenters. The number of anilines is 3. The van der Waals surface area contributed by atoms with E-state index in [0.717, 1.165) is 128 Å². The van der Waals surface area contributed by atoms with Crippen molar-refractivity contribution < 1.29 is 28.6 Å². The molecule has 0 radical (unpaired) electrons. The number of aryl methyl sites for hydroxylation is 2. The van der Waals surface area contributed by atoms with Gasteiger partial charge in [0.15, 0.2) is 17.5 Å². The summed E-state index contributed by atoms with van der Waals surface area (Å²) in [6.45, 7) is 1.55. The minimum atomic E-state index is -0.434. The van der Waals surface area contributed by atoms with E-state index in [1.807, 2.05) is 164 Å². The summed E-state index contributed by atoms with van der Waals surface area (Å²) in [5.41, 5.74) is 16.4. The van der Waals surface area contributed by atoms with Crippen molar-refractivity contribution in [3.63, 3.8) is 0 Å². The van der Waals surface area contributed by atoms with Crippen molar-refractivity contribution in [1.29, 1.82) is 0 Å². The number of nitrogens with one attached hydrogen (secondary N) is 3. The van der Waals surface area contributed by atoms with Gasteiger partial charge in [-0.25, -0.2) is 34.7 Å². The second kappa shape index (κ2) is 35.8. The summed E-state index contributed by atoms with van der Waals surface area (Å²) in [5.74, 6) is 2.85. The first-order valence-corrected chi connectivity index (χ1v) is 34.9. The van der Waals surface area contributed by atoms with Gasteiger partial charge in [0.2, 0.25) is 0 Å². The molecule has 0 amide bonds. The smallest absolute Gasteiger partial charge is 0.330 e. The zero-order chi connectivity index (χ0) is 74.2. The second-order valence-corrected chi connectivity index (χ2v) is 24.6. The molecule has 21 heteroatoms. The van der Waals surface area contributed by atoms with Gasteiger partial charge in [-0.1, -0.05) is 146 Å². The number of pyridine rings is 6. The van der Waals surface area contributed by atoms with E-state index in [1.165, 1.54) is 27.4 Å². The molecule has 0 aliphatic heterocycles. The number of benzene rings is 6. The number of methoxy groups -OCH3 is 3. The van der Waals surface area contributed by atoms with Crippen LogP contribution >= 0.6 is 0 Å². The third-order valence-electron chi connectivity index (χ3n) is 17.3. The average Bonchev–Trinajstić information content (AvgIpc) is 0.781. The van der Waals surface area contributed by atoms with E-state index in [2.05, 4.69) is 105 Å². The number of hydrogen-bond donors (Lipinski definition) is 3. The van der Waals surface area contributed by atoms with E-state index in [0.29, 0.717) is 55.8 Å². The fourth-order valence-corrected chi connectivity index (χ4v) is 12.0. The molecule has 21 nitrogen and oxygen atoms in total. The Hall–Kier alpha value is -14.2. The number of rotatable bonds is 23. The topological polar surface area (TPSA) is 270 Å². The van der Waals surface area contributed by atoms with Gasteiger partial charge < -0.3 is 30.2 Å². The highest BCUT2D eigenvalue weighted by molar-refractivity contribution is 6.05. The largest absolute Gasteiger partial charge is 0.469 e. The van der Waals surface area contributed by atoms with Gasteiger partial charge in [0, 0.05) is 91.4 Å². The molecule has 0 spiro atoms. The molecule has 0 atom stereocenters. The molecule has 0 aliphatic rings. The summed E-state index contributed by atoms with van der Waals surface area (Å²) >= 11 is 0. The monoisotopic (exact) mass is 1420 g/mol. The molecule has 0 aliphatic carbocycles. The SMILES string of the molecule is COC(=O)/C=C/c1cncc(-c2nc(NCc3ccccn3)c3c(-c4ccccc4)cccc3n2)c1.COC(=O)CCc1cncc(-c2nc(NCc3ccccn3)c3c(-c4ccccc4)cccc3n2)c1.COC(=O)CCc1cncc(-c2nc(NCc3ccccn3)c3c(-c4ccccc4)cccc3n2)c1. The summed E-state index contributed by atoms with van der Waals surface area (Å²) in [6.07, 6.45) is 20.3. The molecule has 0 saturated carbocycles. The first-order valence-electron chi connectivity index (χ1n) is 34.9. The quantitative estimate of drug-likeness (QED) is 0.0305. The molecule has 15 aromatic rings. The normalized spacial score (nSPS) is 10.9. The second-order valence-electron chi connectivity index (χ2n) is 24.6. The van der Waals surface area contributed by atoms with E-state index >= 15 is 0 Å². The maximum Gasteiger partial charge on any atom is 0.330 e. The van der Waals surface area contributed by atoms with Gasteiger partial charge in [-0.2, -0.15) is 0 Å². The van der Waals surface area contributed by atoms with Gasteiger partial charge in [-0.15, -0.1) is 0 Å². The van der Waals surface area contributed by atoms with Gasteiger partial charge in [-0.05, 0) is 142 Å². The lowest BCUT2D eigenvalue weighted by Crippen LogP contribution is -2.06. The third kappa shape index (κ3) is 18.6. The van der Waals surface area contributed by atoms with Crippen LogP contribution in [-0.2, 0) is 61.1 Å². The Kier molecular flexibility index (Phi) is 23.9. The molecule has 108 heavy (non-hydrogen) atoms. The minimum Gasteiger partial charge on any atom is -0.469 e. The number of hydrogen-bond acceptors (Lipinski definition) is 21. The van der Waals surface area contributed by atoms with Gasteiger partial charge in [0.1, 0.15) is 17.5 Å². The fourth-order valence-electron chi connectivity index (χ4n) is 12.0. The van der Waals surface area contributed by atoms with Gasteiger partial charge in [0.05, 0.1) is 90.8 Å². The Morgan fingerprint density at radius 2 is 0.704 bits per heavy atom. The first-order chi connectivity index (χ1) is 53.1. The minimum absolute atomic E-state index is 0.253. The Balaban J connectivity index is 0.000000143. The summed E-state index contributed by atoms with van der Waals surface area (Å²) < 4.78 is 14.2. The molecule has 3 N–H and O–H groups in total. The van der Waals surface area contributed by atoms with Gasteiger partial charge in [0.25, 0.3) is 0 Å². The van der Waals surface area contributed by atoms with Crippen LogP contribution in [0.5, 0.6) is 0 Å². The van der Waals surface area contributed by atoms with Crippen LogP contribution in [0.2, 0.25) is 0 Å². The highest BCUT2D eigenvalue weighted by Crippen LogP contribution is 2.38. The lowest BCUT2D eigenvalue weighted by atomic mass is 10.0. The number of fused-ring (bicyclic) bond motifs is 3. The standard InChI is InChI=1S/2C29H25N5O2.C29H23N5O2/c3*1-36-26(35)14-13-20-16-22(18-30-17-20)28-33-25-12-7-11-24(21-8-3-2-4-9-21)27(25)29(34-28)32-19-23-10-5-6-15-31-23/h2*2-12,15-18H,13-14,19H2,1H3,(H,32,33,34);2-18H,19H2,1H3,(H,32,33,34)/b;;14-13+. The zero-order valence-corrected chi connectivity index (χ0v) is 59.4. The van der Waals surface area contributed by atoms with Crippen molar-refractivity contribution in [3.8, 4) is 67.5 Å². The Labute approximate surface area is 623 Å². The molecule has 9 heterocycles. The average molecular weight is 1420 g/mol. The van der Waals surface area contributed by atoms with Crippen LogP contribution in [0.1, 0.15) is 46.6 Å².